The highest BCUT2D eigenvalue weighted by Gasteiger charge is 2.03. The molecular formula is C15H28. The summed E-state index contributed by atoms with van der Waals surface area (Å²) in [5.74, 6) is 7.43. The van der Waals surface area contributed by atoms with E-state index in [0.717, 1.165) is 18.8 Å². The van der Waals surface area contributed by atoms with Gasteiger partial charge in [0.1, 0.15) is 0 Å². The molecule has 0 aromatic heterocycles. The van der Waals surface area contributed by atoms with Crippen molar-refractivity contribution in [1.29, 1.82) is 0 Å². The van der Waals surface area contributed by atoms with Gasteiger partial charge >= 0.3 is 0 Å². The normalized spacial score (nSPS) is 11.9. The first-order chi connectivity index (χ1) is 7.35. The first-order valence-electron chi connectivity index (χ1n) is 6.80. The van der Waals surface area contributed by atoms with Crippen LogP contribution in [0.5, 0.6) is 0 Å². The van der Waals surface area contributed by atoms with Gasteiger partial charge in [-0.1, -0.05) is 52.9 Å². The Morgan fingerprint density at radius 1 is 0.867 bits per heavy atom. The van der Waals surface area contributed by atoms with Crippen LogP contribution in [0.3, 0.4) is 0 Å². The number of rotatable bonds is 8. The zero-order valence-electron chi connectivity index (χ0n) is 10.9. The van der Waals surface area contributed by atoms with E-state index in [2.05, 4.69) is 32.6 Å². The maximum Gasteiger partial charge on any atom is 0.0117 e. The summed E-state index contributed by atoms with van der Waals surface area (Å²) in [4.78, 5) is 0. The largest absolute Gasteiger partial charge is 0.103 e. The molecule has 0 radical (unpaired) electrons. The lowest BCUT2D eigenvalue weighted by Crippen LogP contribution is -1.97. The van der Waals surface area contributed by atoms with E-state index in [1.807, 2.05) is 0 Å². The van der Waals surface area contributed by atoms with E-state index >= 15 is 0 Å². The number of unbranched alkanes of at least 4 members (excludes halogenated alkanes) is 4. The SMILES string of the molecule is CCCC#CCC(CC)CCCCCC. The van der Waals surface area contributed by atoms with E-state index in [4.69, 9.17) is 0 Å². The highest BCUT2D eigenvalue weighted by molar-refractivity contribution is 4.99. The lowest BCUT2D eigenvalue weighted by atomic mass is 9.95. The molecule has 0 heteroatoms. The molecule has 0 amide bonds. The minimum atomic E-state index is 0.853. The van der Waals surface area contributed by atoms with Gasteiger partial charge in [0.05, 0.1) is 0 Å². The van der Waals surface area contributed by atoms with Crippen LogP contribution in [0.2, 0.25) is 0 Å². The van der Waals surface area contributed by atoms with Gasteiger partial charge < -0.3 is 0 Å². The lowest BCUT2D eigenvalue weighted by molar-refractivity contribution is 0.450. The smallest absolute Gasteiger partial charge is 0.0117 e. The molecule has 0 fully saturated rings. The van der Waals surface area contributed by atoms with Crippen molar-refractivity contribution in [2.45, 2.75) is 78.6 Å². The monoisotopic (exact) mass is 208 g/mol. The highest BCUT2D eigenvalue weighted by Crippen LogP contribution is 2.17. The molecule has 15 heavy (non-hydrogen) atoms. The van der Waals surface area contributed by atoms with Crippen molar-refractivity contribution in [3.8, 4) is 11.8 Å². The van der Waals surface area contributed by atoms with Crippen LogP contribution in [0.1, 0.15) is 78.6 Å². The van der Waals surface area contributed by atoms with E-state index in [1.165, 1.54) is 44.9 Å². The Hall–Kier alpha value is -0.440. The van der Waals surface area contributed by atoms with Crippen LogP contribution in [-0.4, -0.2) is 0 Å². The fourth-order valence-electron chi connectivity index (χ4n) is 1.74. The third kappa shape index (κ3) is 9.85. The van der Waals surface area contributed by atoms with Crippen LogP contribution < -0.4 is 0 Å². The Balaban J connectivity index is 3.51. The molecule has 0 saturated heterocycles. The second kappa shape index (κ2) is 11.6. The molecule has 0 aromatic carbocycles. The van der Waals surface area contributed by atoms with E-state index in [9.17, 15) is 0 Å². The Morgan fingerprint density at radius 2 is 1.67 bits per heavy atom. The first-order valence-corrected chi connectivity index (χ1v) is 6.80. The van der Waals surface area contributed by atoms with Crippen LogP contribution >= 0.6 is 0 Å². The molecule has 1 atom stereocenters. The van der Waals surface area contributed by atoms with Crippen molar-refractivity contribution in [2.75, 3.05) is 0 Å². The third-order valence-corrected chi connectivity index (χ3v) is 2.93. The molecule has 0 bridgehead atoms. The summed E-state index contributed by atoms with van der Waals surface area (Å²) in [6.45, 7) is 6.76. The van der Waals surface area contributed by atoms with Crippen LogP contribution in [-0.2, 0) is 0 Å². The zero-order valence-corrected chi connectivity index (χ0v) is 10.9. The highest BCUT2D eigenvalue weighted by atomic mass is 14.1. The summed E-state index contributed by atoms with van der Waals surface area (Å²) >= 11 is 0. The van der Waals surface area contributed by atoms with Gasteiger partial charge in [0, 0.05) is 12.8 Å². The van der Waals surface area contributed by atoms with Gasteiger partial charge in [-0.3, -0.25) is 0 Å². The first kappa shape index (κ1) is 14.6. The quantitative estimate of drug-likeness (QED) is 0.381. The maximum atomic E-state index is 3.33. The third-order valence-electron chi connectivity index (χ3n) is 2.93. The van der Waals surface area contributed by atoms with E-state index < -0.39 is 0 Å². The van der Waals surface area contributed by atoms with Gasteiger partial charge in [0.2, 0.25) is 0 Å². The van der Waals surface area contributed by atoms with Crippen LogP contribution in [0.4, 0.5) is 0 Å². The second-order valence-electron chi connectivity index (χ2n) is 4.43. The predicted octanol–water partition coefficient (Wildman–Crippen LogP) is 5.18. The molecule has 0 heterocycles. The van der Waals surface area contributed by atoms with E-state index in [-0.39, 0.29) is 0 Å². The molecule has 0 saturated carbocycles. The van der Waals surface area contributed by atoms with Crippen LogP contribution in [0.25, 0.3) is 0 Å². The molecule has 0 nitrogen and oxygen atoms in total. The Labute approximate surface area is 96.8 Å². The summed E-state index contributed by atoms with van der Waals surface area (Å²) in [5.41, 5.74) is 0. The fourth-order valence-corrected chi connectivity index (χ4v) is 1.74. The summed E-state index contributed by atoms with van der Waals surface area (Å²) in [5, 5.41) is 0. The van der Waals surface area contributed by atoms with Crippen LogP contribution in [0, 0.1) is 17.8 Å². The number of hydrogen-bond acceptors (Lipinski definition) is 0. The molecule has 1 unspecified atom stereocenters. The molecule has 0 aliphatic heterocycles. The average Bonchev–Trinajstić information content (AvgIpc) is 2.27. The van der Waals surface area contributed by atoms with Crippen molar-refractivity contribution >= 4 is 0 Å². The van der Waals surface area contributed by atoms with E-state index in [1.54, 1.807) is 0 Å². The zero-order chi connectivity index (χ0) is 11.4. The molecule has 0 aromatic rings. The van der Waals surface area contributed by atoms with Crippen molar-refractivity contribution < 1.29 is 0 Å². The van der Waals surface area contributed by atoms with Crippen molar-refractivity contribution in [3.63, 3.8) is 0 Å². The van der Waals surface area contributed by atoms with Crippen molar-refractivity contribution in [2.24, 2.45) is 5.92 Å². The fraction of sp³-hybridized carbons (Fsp3) is 0.867. The molecule has 0 rings (SSSR count). The maximum absolute atomic E-state index is 3.33. The van der Waals surface area contributed by atoms with E-state index in [0.29, 0.717) is 0 Å². The summed E-state index contributed by atoms with van der Waals surface area (Å²) in [7, 11) is 0. The molecular weight excluding hydrogens is 180 g/mol. The average molecular weight is 208 g/mol. The van der Waals surface area contributed by atoms with Gasteiger partial charge in [0.15, 0.2) is 0 Å². The topological polar surface area (TPSA) is 0 Å². The molecule has 0 N–H and O–H groups in total. The summed E-state index contributed by atoms with van der Waals surface area (Å²) in [6.07, 6.45) is 11.6. The van der Waals surface area contributed by atoms with Crippen molar-refractivity contribution in [3.05, 3.63) is 0 Å². The molecule has 88 valence electrons. The van der Waals surface area contributed by atoms with Gasteiger partial charge in [-0.25, -0.2) is 0 Å². The van der Waals surface area contributed by atoms with Crippen molar-refractivity contribution in [1.82, 2.24) is 0 Å². The predicted molar refractivity (Wildman–Crippen MR) is 69.8 cm³/mol. The number of hydrogen-bond donors (Lipinski definition) is 0. The van der Waals surface area contributed by atoms with Crippen LogP contribution in [0.15, 0.2) is 0 Å². The molecule has 0 spiro atoms. The summed E-state index contributed by atoms with van der Waals surface area (Å²) in [6, 6.07) is 0. The summed E-state index contributed by atoms with van der Waals surface area (Å²) < 4.78 is 0. The Kier molecular flexibility index (Phi) is 11.3. The lowest BCUT2D eigenvalue weighted by Gasteiger charge is -2.10. The Morgan fingerprint density at radius 3 is 2.27 bits per heavy atom. The van der Waals surface area contributed by atoms with Gasteiger partial charge in [0.25, 0.3) is 0 Å². The minimum Gasteiger partial charge on any atom is -0.103 e. The molecule has 0 aliphatic rings. The standard InChI is InChI=1S/C15H28/c1-4-7-9-11-13-15(6-3)14-12-10-8-5-2/h15H,4-9,11,13-14H2,1-3H3. The molecule has 0 aliphatic carbocycles. The minimum absolute atomic E-state index is 0.853. The Bertz CT molecular complexity index is 170. The van der Waals surface area contributed by atoms with Gasteiger partial charge in [-0.2, -0.15) is 0 Å². The second-order valence-corrected chi connectivity index (χ2v) is 4.43. The van der Waals surface area contributed by atoms with Gasteiger partial charge in [-0.05, 0) is 18.8 Å². The van der Waals surface area contributed by atoms with Gasteiger partial charge in [-0.15, -0.1) is 11.8 Å².